The van der Waals surface area contributed by atoms with Crippen LogP contribution in [0.3, 0.4) is 0 Å². The maximum atomic E-state index is 4.62. The van der Waals surface area contributed by atoms with Crippen LogP contribution < -0.4 is 10.2 Å². The summed E-state index contributed by atoms with van der Waals surface area (Å²) in [5, 5.41) is 3.34. The number of nitrogens with one attached hydrogen (secondary N) is 1. The molecular formula is C13H22N4. The van der Waals surface area contributed by atoms with Crippen molar-refractivity contribution < 1.29 is 0 Å². The van der Waals surface area contributed by atoms with E-state index < -0.39 is 0 Å². The van der Waals surface area contributed by atoms with Crippen LogP contribution in [0, 0.1) is 5.92 Å². The van der Waals surface area contributed by atoms with E-state index in [-0.39, 0.29) is 5.54 Å². The SMILES string of the molecule is CNC1(C)CN(c2ccnc(CC(C)C)n2)C1. The van der Waals surface area contributed by atoms with Crippen LogP contribution in [0.4, 0.5) is 5.82 Å². The van der Waals surface area contributed by atoms with Crippen molar-refractivity contribution in [2.24, 2.45) is 5.92 Å². The van der Waals surface area contributed by atoms with E-state index in [2.05, 4.69) is 41.0 Å². The lowest BCUT2D eigenvalue weighted by Crippen LogP contribution is -2.67. The Labute approximate surface area is 103 Å². The summed E-state index contributed by atoms with van der Waals surface area (Å²) in [5.74, 6) is 2.61. The molecule has 0 bridgehead atoms. The molecule has 1 saturated heterocycles. The number of aromatic nitrogens is 2. The van der Waals surface area contributed by atoms with Gasteiger partial charge in [0.25, 0.3) is 0 Å². The largest absolute Gasteiger partial charge is 0.353 e. The van der Waals surface area contributed by atoms with Gasteiger partial charge in [-0.2, -0.15) is 0 Å². The van der Waals surface area contributed by atoms with Crippen LogP contribution in [0.25, 0.3) is 0 Å². The van der Waals surface area contributed by atoms with Crippen molar-refractivity contribution in [1.82, 2.24) is 15.3 Å². The third-order valence-electron chi connectivity index (χ3n) is 3.29. The highest BCUT2D eigenvalue weighted by Gasteiger charge is 2.37. The molecule has 17 heavy (non-hydrogen) atoms. The molecule has 0 amide bonds. The second kappa shape index (κ2) is 4.61. The molecule has 0 radical (unpaired) electrons. The summed E-state index contributed by atoms with van der Waals surface area (Å²) >= 11 is 0. The van der Waals surface area contributed by atoms with E-state index >= 15 is 0 Å². The van der Waals surface area contributed by atoms with E-state index in [1.165, 1.54) is 0 Å². The van der Waals surface area contributed by atoms with Crippen LogP contribution in [0.5, 0.6) is 0 Å². The zero-order valence-electron chi connectivity index (χ0n) is 11.2. The van der Waals surface area contributed by atoms with E-state index in [1.54, 1.807) is 0 Å². The number of hydrogen-bond donors (Lipinski definition) is 1. The van der Waals surface area contributed by atoms with Crippen LogP contribution in [-0.2, 0) is 6.42 Å². The summed E-state index contributed by atoms with van der Waals surface area (Å²) in [5.41, 5.74) is 0.239. The van der Waals surface area contributed by atoms with E-state index in [4.69, 9.17) is 0 Å². The molecule has 4 heteroatoms. The van der Waals surface area contributed by atoms with Crippen molar-refractivity contribution in [3.05, 3.63) is 18.1 Å². The lowest BCUT2D eigenvalue weighted by atomic mass is 9.92. The fourth-order valence-corrected chi connectivity index (χ4v) is 2.14. The fourth-order valence-electron chi connectivity index (χ4n) is 2.14. The molecule has 1 fully saturated rings. The second-order valence-electron chi connectivity index (χ2n) is 5.60. The maximum Gasteiger partial charge on any atom is 0.132 e. The third kappa shape index (κ3) is 2.75. The topological polar surface area (TPSA) is 41.0 Å². The van der Waals surface area contributed by atoms with Gasteiger partial charge in [0.15, 0.2) is 0 Å². The molecular weight excluding hydrogens is 212 g/mol. The van der Waals surface area contributed by atoms with Gasteiger partial charge in [-0.05, 0) is 26.0 Å². The zero-order chi connectivity index (χ0) is 12.5. The number of rotatable bonds is 4. The molecule has 0 saturated carbocycles. The van der Waals surface area contributed by atoms with E-state index in [1.807, 2.05) is 19.3 Å². The molecule has 1 aromatic heterocycles. The summed E-state index contributed by atoms with van der Waals surface area (Å²) in [6.07, 6.45) is 2.82. The quantitative estimate of drug-likeness (QED) is 0.856. The number of hydrogen-bond acceptors (Lipinski definition) is 4. The molecule has 0 unspecified atom stereocenters. The minimum absolute atomic E-state index is 0.239. The molecule has 2 heterocycles. The summed E-state index contributed by atoms with van der Waals surface area (Å²) < 4.78 is 0. The van der Waals surface area contributed by atoms with Gasteiger partial charge in [0, 0.05) is 25.7 Å². The Morgan fingerprint density at radius 3 is 2.76 bits per heavy atom. The molecule has 1 N–H and O–H groups in total. The smallest absolute Gasteiger partial charge is 0.132 e. The Hall–Kier alpha value is -1.16. The van der Waals surface area contributed by atoms with Crippen molar-refractivity contribution in [1.29, 1.82) is 0 Å². The van der Waals surface area contributed by atoms with Crippen molar-refractivity contribution in [2.75, 3.05) is 25.0 Å². The zero-order valence-corrected chi connectivity index (χ0v) is 11.2. The summed E-state index contributed by atoms with van der Waals surface area (Å²) in [6.45, 7) is 8.65. The van der Waals surface area contributed by atoms with Gasteiger partial charge < -0.3 is 10.2 Å². The van der Waals surface area contributed by atoms with Gasteiger partial charge >= 0.3 is 0 Å². The standard InChI is InChI=1S/C13H22N4/c1-10(2)7-11-15-6-5-12(16-11)17-8-13(3,9-17)14-4/h5-6,10,14H,7-9H2,1-4H3. The highest BCUT2D eigenvalue weighted by atomic mass is 15.3. The lowest BCUT2D eigenvalue weighted by Gasteiger charge is -2.48. The van der Waals surface area contributed by atoms with Crippen LogP contribution in [0.1, 0.15) is 26.6 Å². The molecule has 4 nitrogen and oxygen atoms in total. The minimum atomic E-state index is 0.239. The first-order valence-corrected chi connectivity index (χ1v) is 6.28. The van der Waals surface area contributed by atoms with Gasteiger partial charge in [0.2, 0.25) is 0 Å². The van der Waals surface area contributed by atoms with Gasteiger partial charge in [0.1, 0.15) is 11.6 Å². The molecule has 94 valence electrons. The average Bonchev–Trinajstić information content (AvgIpc) is 2.24. The van der Waals surface area contributed by atoms with E-state index in [0.717, 1.165) is 31.2 Å². The first kappa shape index (κ1) is 12.3. The first-order valence-electron chi connectivity index (χ1n) is 6.28. The Balaban J connectivity index is 2.03. The van der Waals surface area contributed by atoms with Gasteiger partial charge in [0.05, 0.1) is 5.54 Å². The molecule has 1 aliphatic heterocycles. The molecule has 0 aromatic carbocycles. The van der Waals surface area contributed by atoms with Crippen molar-refractivity contribution in [2.45, 2.75) is 32.7 Å². The van der Waals surface area contributed by atoms with Crippen LogP contribution in [-0.4, -0.2) is 35.6 Å². The molecule has 0 aliphatic carbocycles. The predicted molar refractivity (Wildman–Crippen MR) is 70.3 cm³/mol. The van der Waals surface area contributed by atoms with Crippen molar-refractivity contribution in [3.8, 4) is 0 Å². The van der Waals surface area contributed by atoms with Gasteiger partial charge in [-0.1, -0.05) is 13.8 Å². The Bertz CT molecular complexity index is 383. The Morgan fingerprint density at radius 2 is 2.18 bits per heavy atom. The maximum absolute atomic E-state index is 4.62. The predicted octanol–water partition coefficient (Wildman–Crippen LogP) is 1.47. The third-order valence-corrected chi connectivity index (χ3v) is 3.29. The highest BCUT2D eigenvalue weighted by Crippen LogP contribution is 2.25. The Kier molecular flexibility index (Phi) is 3.33. The van der Waals surface area contributed by atoms with Crippen LogP contribution in [0.15, 0.2) is 12.3 Å². The molecule has 0 spiro atoms. The van der Waals surface area contributed by atoms with Gasteiger partial charge in [-0.15, -0.1) is 0 Å². The molecule has 1 aromatic rings. The minimum Gasteiger partial charge on any atom is -0.353 e. The Morgan fingerprint density at radius 1 is 1.47 bits per heavy atom. The number of likely N-dealkylation sites (N-methyl/N-ethyl adjacent to an activating group) is 1. The second-order valence-corrected chi connectivity index (χ2v) is 5.60. The summed E-state index contributed by atoms with van der Waals surface area (Å²) in [6, 6.07) is 2.00. The molecule has 2 rings (SSSR count). The monoisotopic (exact) mass is 234 g/mol. The highest BCUT2D eigenvalue weighted by molar-refractivity contribution is 5.43. The van der Waals surface area contributed by atoms with E-state index in [0.29, 0.717) is 5.92 Å². The molecule has 1 aliphatic rings. The lowest BCUT2D eigenvalue weighted by molar-refractivity contribution is 0.301. The summed E-state index contributed by atoms with van der Waals surface area (Å²) in [4.78, 5) is 11.2. The first-order chi connectivity index (χ1) is 8.02. The average molecular weight is 234 g/mol. The fraction of sp³-hybridized carbons (Fsp3) is 0.692. The normalized spacial score (nSPS) is 18.3. The van der Waals surface area contributed by atoms with Crippen LogP contribution >= 0.6 is 0 Å². The van der Waals surface area contributed by atoms with E-state index in [9.17, 15) is 0 Å². The van der Waals surface area contributed by atoms with Gasteiger partial charge in [-0.25, -0.2) is 9.97 Å². The van der Waals surface area contributed by atoms with Crippen LogP contribution in [0.2, 0.25) is 0 Å². The van der Waals surface area contributed by atoms with Crippen molar-refractivity contribution >= 4 is 5.82 Å². The van der Waals surface area contributed by atoms with Crippen molar-refractivity contribution in [3.63, 3.8) is 0 Å². The molecule has 0 atom stereocenters. The number of anilines is 1. The summed E-state index contributed by atoms with van der Waals surface area (Å²) in [7, 11) is 2.02. The van der Waals surface area contributed by atoms with Gasteiger partial charge in [-0.3, -0.25) is 0 Å². The number of nitrogens with zero attached hydrogens (tertiary/aromatic N) is 3.